The SMILES string of the molecule is B[C@@H]1O[C@H](COC)C(OC)[C@@H]1OC[C@@H](CCC)OC. The molecule has 0 spiro atoms. The summed E-state index contributed by atoms with van der Waals surface area (Å²) in [7, 11) is 7.08. The van der Waals surface area contributed by atoms with Gasteiger partial charge in [-0.1, -0.05) is 13.3 Å². The highest BCUT2D eigenvalue weighted by Gasteiger charge is 2.43. The standard InChI is InChI=1S/C13H27BO5/c1-5-6-9(16-3)7-18-12-11(17-4)10(8-15-2)19-13(12)14/h9-13H,5-8,14H2,1-4H3/t9-,10-,11?,12+,13-/m1/s1. The Morgan fingerprint density at radius 2 is 1.95 bits per heavy atom. The largest absolute Gasteiger partial charge is 0.382 e. The number of hydrogen-bond donors (Lipinski definition) is 0. The number of hydrogen-bond acceptors (Lipinski definition) is 5. The van der Waals surface area contributed by atoms with Gasteiger partial charge >= 0.3 is 0 Å². The second kappa shape index (κ2) is 8.92. The molecule has 1 rings (SSSR count). The summed E-state index contributed by atoms with van der Waals surface area (Å²) in [6.45, 7) is 3.23. The van der Waals surface area contributed by atoms with E-state index in [0.29, 0.717) is 13.2 Å². The molecule has 1 fully saturated rings. The molecule has 0 aliphatic carbocycles. The van der Waals surface area contributed by atoms with Crippen LogP contribution in [0.1, 0.15) is 19.8 Å². The summed E-state index contributed by atoms with van der Waals surface area (Å²) in [6.07, 6.45) is 1.99. The van der Waals surface area contributed by atoms with E-state index < -0.39 is 0 Å². The van der Waals surface area contributed by atoms with Gasteiger partial charge in [0.2, 0.25) is 0 Å². The van der Waals surface area contributed by atoms with E-state index in [2.05, 4.69) is 6.92 Å². The van der Waals surface area contributed by atoms with Gasteiger partial charge < -0.3 is 23.7 Å². The Balaban J connectivity index is 2.50. The van der Waals surface area contributed by atoms with Crippen LogP contribution in [0.5, 0.6) is 0 Å². The van der Waals surface area contributed by atoms with E-state index in [1.165, 1.54) is 0 Å². The molecule has 0 aromatic rings. The van der Waals surface area contributed by atoms with E-state index in [1.54, 1.807) is 21.3 Å². The smallest absolute Gasteiger partial charge is 0.142 e. The molecule has 0 aromatic heterocycles. The number of rotatable bonds is 9. The highest BCUT2D eigenvalue weighted by atomic mass is 16.6. The van der Waals surface area contributed by atoms with Gasteiger partial charge in [-0.05, 0) is 6.42 Å². The molecule has 0 saturated carbocycles. The summed E-state index contributed by atoms with van der Waals surface area (Å²) >= 11 is 0. The summed E-state index contributed by atoms with van der Waals surface area (Å²) in [6, 6.07) is 0.00392. The fourth-order valence-corrected chi connectivity index (χ4v) is 2.53. The Morgan fingerprint density at radius 3 is 2.47 bits per heavy atom. The molecule has 5 atom stereocenters. The quantitative estimate of drug-likeness (QED) is 0.562. The van der Waals surface area contributed by atoms with Crippen LogP contribution in [0.25, 0.3) is 0 Å². The average Bonchev–Trinajstić information content (AvgIpc) is 2.70. The number of ether oxygens (including phenoxy) is 5. The van der Waals surface area contributed by atoms with Gasteiger partial charge in [0.15, 0.2) is 0 Å². The molecule has 0 radical (unpaired) electrons. The lowest BCUT2D eigenvalue weighted by molar-refractivity contribution is -0.0802. The van der Waals surface area contributed by atoms with Crippen molar-refractivity contribution >= 4 is 7.85 Å². The van der Waals surface area contributed by atoms with Crippen molar-refractivity contribution in [3.05, 3.63) is 0 Å². The maximum Gasteiger partial charge on any atom is 0.142 e. The van der Waals surface area contributed by atoms with Gasteiger partial charge in [-0.2, -0.15) is 0 Å². The van der Waals surface area contributed by atoms with Crippen LogP contribution in [-0.2, 0) is 23.7 Å². The molecule has 1 saturated heterocycles. The maximum atomic E-state index is 5.97. The van der Waals surface area contributed by atoms with Gasteiger partial charge in [0.1, 0.15) is 26.2 Å². The summed E-state index contributed by atoms with van der Waals surface area (Å²) in [5, 5.41) is 0. The van der Waals surface area contributed by atoms with E-state index in [-0.39, 0.29) is 30.4 Å². The molecule has 5 nitrogen and oxygen atoms in total. The zero-order valence-electron chi connectivity index (χ0n) is 12.8. The third-order valence-electron chi connectivity index (χ3n) is 3.56. The highest BCUT2D eigenvalue weighted by molar-refractivity contribution is 6.11. The van der Waals surface area contributed by atoms with E-state index in [4.69, 9.17) is 23.7 Å². The van der Waals surface area contributed by atoms with Crippen molar-refractivity contribution in [3.63, 3.8) is 0 Å². The first-order chi connectivity index (χ1) is 9.17. The lowest BCUT2D eigenvalue weighted by Crippen LogP contribution is -2.40. The van der Waals surface area contributed by atoms with E-state index in [9.17, 15) is 0 Å². The lowest BCUT2D eigenvalue weighted by atomic mass is 9.92. The minimum atomic E-state index is -0.0888. The molecule has 1 unspecified atom stereocenters. The van der Waals surface area contributed by atoms with Gasteiger partial charge in [0.05, 0.1) is 25.3 Å². The molecule has 1 heterocycles. The van der Waals surface area contributed by atoms with Gasteiger partial charge in [-0.15, -0.1) is 0 Å². The fraction of sp³-hybridized carbons (Fsp3) is 1.00. The summed E-state index contributed by atoms with van der Waals surface area (Å²) in [4.78, 5) is 0. The van der Waals surface area contributed by atoms with Crippen LogP contribution < -0.4 is 0 Å². The van der Waals surface area contributed by atoms with Crippen LogP contribution in [0, 0.1) is 0 Å². The Bertz CT molecular complexity index is 241. The molecule has 1 aliphatic rings. The van der Waals surface area contributed by atoms with E-state index in [1.807, 2.05) is 7.85 Å². The highest BCUT2D eigenvalue weighted by Crippen LogP contribution is 2.25. The zero-order valence-corrected chi connectivity index (χ0v) is 12.8. The summed E-state index contributed by atoms with van der Waals surface area (Å²) in [5.41, 5.74) is 0. The Kier molecular flexibility index (Phi) is 7.94. The van der Waals surface area contributed by atoms with Crippen LogP contribution in [0.2, 0.25) is 0 Å². The Morgan fingerprint density at radius 1 is 1.21 bits per heavy atom. The second-order valence-electron chi connectivity index (χ2n) is 4.98. The van der Waals surface area contributed by atoms with E-state index in [0.717, 1.165) is 12.8 Å². The third kappa shape index (κ3) is 4.72. The first-order valence-electron chi connectivity index (χ1n) is 6.99. The van der Waals surface area contributed by atoms with Crippen molar-refractivity contribution in [3.8, 4) is 0 Å². The summed E-state index contributed by atoms with van der Waals surface area (Å²) in [5.74, 6) is 0. The van der Waals surface area contributed by atoms with Crippen LogP contribution in [0.3, 0.4) is 0 Å². The van der Waals surface area contributed by atoms with Crippen LogP contribution >= 0.6 is 0 Å². The summed E-state index contributed by atoms with van der Waals surface area (Å²) < 4.78 is 27.9. The molecule has 0 bridgehead atoms. The minimum absolute atomic E-state index is 0.00392. The molecule has 6 heteroatoms. The molecule has 1 aliphatic heterocycles. The topological polar surface area (TPSA) is 46.2 Å². The predicted molar refractivity (Wildman–Crippen MR) is 75.3 cm³/mol. The van der Waals surface area contributed by atoms with Gasteiger partial charge in [0.25, 0.3) is 0 Å². The number of methoxy groups -OCH3 is 3. The Labute approximate surface area is 117 Å². The van der Waals surface area contributed by atoms with Crippen molar-refractivity contribution in [1.82, 2.24) is 0 Å². The normalized spacial score (nSPS) is 32.6. The monoisotopic (exact) mass is 274 g/mol. The zero-order chi connectivity index (χ0) is 14.3. The minimum Gasteiger partial charge on any atom is -0.382 e. The molecule has 0 aromatic carbocycles. The van der Waals surface area contributed by atoms with Crippen molar-refractivity contribution in [1.29, 1.82) is 0 Å². The molecule has 0 N–H and O–H groups in total. The van der Waals surface area contributed by atoms with Crippen LogP contribution in [0.15, 0.2) is 0 Å². The Hall–Kier alpha value is -0.135. The van der Waals surface area contributed by atoms with Gasteiger partial charge in [-0.3, -0.25) is 0 Å². The lowest BCUT2D eigenvalue weighted by Gasteiger charge is -2.24. The second-order valence-corrected chi connectivity index (χ2v) is 4.98. The fourth-order valence-electron chi connectivity index (χ4n) is 2.53. The van der Waals surface area contributed by atoms with E-state index >= 15 is 0 Å². The van der Waals surface area contributed by atoms with Crippen molar-refractivity contribution in [2.45, 2.75) is 50.2 Å². The molecule has 19 heavy (non-hydrogen) atoms. The van der Waals surface area contributed by atoms with Crippen LogP contribution in [0.4, 0.5) is 0 Å². The first-order valence-corrected chi connectivity index (χ1v) is 6.99. The van der Waals surface area contributed by atoms with Crippen molar-refractivity contribution < 1.29 is 23.7 Å². The molecule has 0 amide bonds. The first kappa shape index (κ1) is 16.9. The van der Waals surface area contributed by atoms with Crippen molar-refractivity contribution in [2.75, 3.05) is 34.5 Å². The predicted octanol–water partition coefficient (Wildman–Crippen LogP) is 0.206. The molecule has 112 valence electrons. The molecular formula is C13H27BO5. The van der Waals surface area contributed by atoms with Crippen LogP contribution in [-0.4, -0.2) is 72.8 Å². The third-order valence-corrected chi connectivity index (χ3v) is 3.56. The average molecular weight is 274 g/mol. The van der Waals surface area contributed by atoms with Gasteiger partial charge in [-0.25, -0.2) is 0 Å². The van der Waals surface area contributed by atoms with Crippen molar-refractivity contribution in [2.24, 2.45) is 0 Å². The van der Waals surface area contributed by atoms with Gasteiger partial charge in [0, 0.05) is 21.3 Å². The molecular weight excluding hydrogens is 247 g/mol. The maximum absolute atomic E-state index is 5.97.